The van der Waals surface area contributed by atoms with Gasteiger partial charge >= 0.3 is 6.09 Å². The smallest absolute Gasteiger partial charge is 0.407 e. The number of nitrogens with zero attached hydrogens (tertiary/aromatic N) is 2. The second-order valence-corrected chi connectivity index (χ2v) is 10.1. The Morgan fingerprint density at radius 2 is 1.93 bits per heavy atom. The molecule has 1 atom stereocenters. The zero-order valence-corrected chi connectivity index (χ0v) is 19.3. The van der Waals surface area contributed by atoms with Crippen LogP contribution in [0.3, 0.4) is 0 Å². The number of nitrogen functional groups attached to an aromatic ring is 1. The van der Waals surface area contributed by atoms with Crippen LogP contribution >= 0.6 is 0 Å². The number of alkyl carbamates (subject to hydrolysis) is 1. The minimum Gasteiger partial charge on any atom is -0.444 e. The minimum absolute atomic E-state index is 0.145. The van der Waals surface area contributed by atoms with Crippen LogP contribution in [0.15, 0.2) is 34.1 Å². The number of nitrogens with two attached hydrogens (primary N) is 1. The van der Waals surface area contributed by atoms with Crippen LogP contribution in [0.25, 0.3) is 0 Å². The van der Waals surface area contributed by atoms with E-state index >= 15 is 0 Å². The molecule has 0 bridgehead atoms. The lowest BCUT2D eigenvalue weighted by atomic mass is 10.2. The number of sulfone groups is 1. The van der Waals surface area contributed by atoms with Gasteiger partial charge in [0, 0.05) is 11.7 Å². The quantitative estimate of drug-likeness (QED) is 0.643. The average Bonchev–Trinajstić information content (AvgIpc) is 2.97. The molecule has 2 rings (SSSR count). The molecule has 0 saturated carbocycles. The Balaban J connectivity index is 2.38. The number of benzene rings is 1. The highest BCUT2D eigenvalue weighted by molar-refractivity contribution is 7.91. The SMILES string of the molecule is CCc1nn(C[C@H](C)NC(=O)OC(C)(C)C)c(CC)c1S(=O)(=O)c1cccc(N)c1. The van der Waals surface area contributed by atoms with Crippen molar-refractivity contribution in [3.05, 3.63) is 35.7 Å². The first-order valence-corrected chi connectivity index (χ1v) is 11.6. The van der Waals surface area contributed by atoms with Crippen LogP contribution in [0.2, 0.25) is 0 Å². The van der Waals surface area contributed by atoms with E-state index in [4.69, 9.17) is 10.5 Å². The minimum atomic E-state index is -3.78. The number of ether oxygens (including phenoxy) is 1. The molecule has 0 saturated heterocycles. The Bertz CT molecular complexity index is 1010. The topological polar surface area (TPSA) is 116 Å². The van der Waals surface area contributed by atoms with Gasteiger partial charge in [0.25, 0.3) is 0 Å². The fourth-order valence-corrected chi connectivity index (χ4v) is 5.02. The molecule has 8 nitrogen and oxygen atoms in total. The van der Waals surface area contributed by atoms with E-state index in [0.29, 0.717) is 36.5 Å². The summed E-state index contributed by atoms with van der Waals surface area (Å²) < 4.78 is 33.7. The molecule has 0 fully saturated rings. The molecule has 0 aliphatic carbocycles. The van der Waals surface area contributed by atoms with Gasteiger partial charge in [-0.25, -0.2) is 13.2 Å². The largest absolute Gasteiger partial charge is 0.444 e. The van der Waals surface area contributed by atoms with Gasteiger partial charge in [-0.1, -0.05) is 19.9 Å². The molecule has 1 amide bonds. The number of anilines is 1. The number of aromatic nitrogens is 2. The number of hydrogen-bond donors (Lipinski definition) is 2. The van der Waals surface area contributed by atoms with Gasteiger partial charge in [-0.15, -0.1) is 0 Å². The first-order valence-electron chi connectivity index (χ1n) is 10.1. The molecular weight excluding hydrogens is 404 g/mol. The molecule has 1 aromatic carbocycles. The molecule has 1 aromatic heterocycles. The molecular formula is C21H32N4O4S. The van der Waals surface area contributed by atoms with Crippen LogP contribution in [0.1, 0.15) is 52.9 Å². The van der Waals surface area contributed by atoms with Crippen LogP contribution < -0.4 is 11.1 Å². The lowest BCUT2D eigenvalue weighted by Crippen LogP contribution is -2.40. The number of nitrogens with one attached hydrogen (secondary N) is 1. The first kappa shape index (κ1) is 23.7. The predicted molar refractivity (Wildman–Crippen MR) is 116 cm³/mol. The summed E-state index contributed by atoms with van der Waals surface area (Å²) in [7, 11) is -3.78. The van der Waals surface area contributed by atoms with Crippen molar-refractivity contribution in [1.29, 1.82) is 0 Å². The van der Waals surface area contributed by atoms with Crippen LogP contribution in [0, 0.1) is 0 Å². The summed E-state index contributed by atoms with van der Waals surface area (Å²) in [5.74, 6) is 0. The van der Waals surface area contributed by atoms with Crippen molar-refractivity contribution in [3.8, 4) is 0 Å². The van der Waals surface area contributed by atoms with Gasteiger partial charge in [0.05, 0.1) is 22.8 Å². The Kier molecular flexibility index (Phi) is 7.18. The predicted octanol–water partition coefficient (Wildman–Crippen LogP) is 3.34. The third kappa shape index (κ3) is 5.53. The molecule has 0 unspecified atom stereocenters. The fraction of sp³-hybridized carbons (Fsp3) is 0.524. The summed E-state index contributed by atoms with van der Waals surface area (Å²) in [6.07, 6.45) is 0.414. The average molecular weight is 437 g/mol. The molecule has 1 heterocycles. The number of hydrogen-bond acceptors (Lipinski definition) is 6. The van der Waals surface area contributed by atoms with E-state index in [9.17, 15) is 13.2 Å². The zero-order valence-electron chi connectivity index (χ0n) is 18.5. The molecule has 2 aromatic rings. The van der Waals surface area contributed by atoms with Crippen molar-refractivity contribution in [2.45, 2.75) is 82.4 Å². The zero-order chi connectivity index (χ0) is 22.7. The van der Waals surface area contributed by atoms with Gasteiger partial charge in [0.15, 0.2) is 0 Å². The number of amides is 1. The van der Waals surface area contributed by atoms with Gasteiger partial charge in [0.2, 0.25) is 9.84 Å². The maximum Gasteiger partial charge on any atom is 0.407 e. The standard InChI is InChI=1S/C21H32N4O4S/c1-7-17-19(30(27,28)16-11-9-10-15(22)12-16)18(8-2)25(24-17)13-14(3)23-20(26)29-21(4,5)6/h9-12,14H,7-8,13,22H2,1-6H3,(H,23,26)/t14-/m0/s1. The summed E-state index contributed by atoms with van der Waals surface area (Å²) in [4.78, 5) is 12.4. The summed E-state index contributed by atoms with van der Waals surface area (Å²) in [5, 5.41) is 7.32. The highest BCUT2D eigenvalue weighted by atomic mass is 32.2. The number of carbonyl (C=O) groups excluding carboxylic acids is 1. The van der Waals surface area contributed by atoms with E-state index in [0.717, 1.165) is 0 Å². The number of carbonyl (C=O) groups is 1. The molecule has 0 spiro atoms. The summed E-state index contributed by atoms with van der Waals surface area (Å²) in [5.41, 5.74) is 6.69. The first-order chi connectivity index (χ1) is 13.9. The molecule has 0 aliphatic rings. The Morgan fingerprint density at radius 1 is 1.27 bits per heavy atom. The van der Waals surface area contributed by atoms with E-state index < -0.39 is 21.5 Å². The van der Waals surface area contributed by atoms with Gasteiger partial charge in [-0.05, 0) is 58.7 Å². The molecule has 9 heteroatoms. The normalized spacial score (nSPS) is 13.1. The summed E-state index contributed by atoms with van der Waals surface area (Å²) in [6, 6.07) is 5.95. The molecule has 0 radical (unpaired) electrons. The van der Waals surface area contributed by atoms with E-state index in [1.54, 1.807) is 37.6 Å². The lowest BCUT2D eigenvalue weighted by molar-refractivity contribution is 0.0503. The summed E-state index contributed by atoms with van der Waals surface area (Å²) in [6.45, 7) is 11.3. The molecule has 166 valence electrons. The van der Waals surface area contributed by atoms with Gasteiger partial charge in [-0.2, -0.15) is 5.10 Å². The molecule has 30 heavy (non-hydrogen) atoms. The van der Waals surface area contributed by atoms with Crippen molar-refractivity contribution in [3.63, 3.8) is 0 Å². The highest BCUT2D eigenvalue weighted by Crippen LogP contribution is 2.29. The van der Waals surface area contributed by atoms with E-state index in [1.807, 2.05) is 20.8 Å². The third-order valence-corrected chi connectivity index (χ3v) is 6.28. The third-order valence-electron chi connectivity index (χ3n) is 4.39. The van der Waals surface area contributed by atoms with Crippen molar-refractivity contribution < 1.29 is 17.9 Å². The maximum atomic E-state index is 13.4. The summed E-state index contributed by atoms with van der Waals surface area (Å²) >= 11 is 0. The van der Waals surface area contributed by atoms with Gasteiger partial charge in [-0.3, -0.25) is 4.68 Å². The number of aryl methyl sites for hydroxylation is 1. The maximum absolute atomic E-state index is 13.4. The van der Waals surface area contributed by atoms with Crippen LogP contribution in [-0.2, 0) is 34.0 Å². The number of rotatable bonds is 7. The van der Waals surface area contributed by atoms with Gasteiger partial charge in [0.1, 0.15) is 10.5 Å². The van der Waals surface area contributed by atoms with Crippen molar-refractivity contribution in [2.24, 2.45) is 0 Å². The van der Waals surface area contributed by atoms with E-state index in [1.165, 1.54) is 12.1 Å². The fourth-order valence-electron chi connectivity index (χ4n) is 3.18. The lowest BCUT2D eigenvalue weighted by Gasteiger charge is -2.22. The van der Waals surface area contributed by atoms with Crippen LogP contribution in [0.5, 0.6) is 0 Å². The highest BCUT2D eigenvalue weighted by Gasteiger charge is 2.29. The second kappa shape index (κ2) is 9.07. The Hall–Kier alpha value is -2.55. The Morgan fingerprint density at radius 3 is 2.47 bits per heavy atom. The van der Waals surface area contributed by atoms with Crippen molar-refractivity contribution in [2.75, 3.05) is 5.73 Å². The molecule has 3 N–H and O–H groups in total. The Labute approximate surface area is 178 Å². The second-order valence-electron chi connectivity index (χ2n) is 8.23. The van der Waals surface area contributed by atoms with Crippen molar-refractivity contribution >= 4 is 21.6 Å². The van der Waals surface area contributed by atoms with E-state index in [2.05, 4.69) is 10.4 Å². The van der Waals surface area contributed by atoms with Gasteiger partial charge < -0.3 is 15.8 Å². The van der Waals surface area contributed by atoms with E-state index in [-0.39, 0.29) is 15.8 Å². The monoisotopic (exact) mass is 436 g/mol. The van der Waals surface area contributed by atoms with Crippen LogP contribution in [-0.4, -0.2) is 35.9 Å². The van der Waals surface area contributed by atoms with Crippen molar-refractivity contribution in [1.82, 2.24) is 15.1 Å². The molecule has 0 aliphatic heterocycles. The van der Waals surface area contributed by atoms with Crippen LogP contribution in [0.4, 0.5) is 10.5 Å².